The second kappa shape index (κ2) is 10.1. The molecule has 2 aromatic carbocycles. The highest BCUT2D eigenvalue weighted by molar-refractivity contribution is 6.32. The molecule has 0 heterocycles. The van der Waals surface area contributed by atoms with Gasteiger partial charge in [-0.15, -0.1) is 0 Å². The molecular weight excluding hydrogens is 407 g/mol. The number of benzene rings is 2. The van der Waals surface area contributed by atoms with Crippen LogP contribution in [0.1, 0.15) is 10.4 Å². The molecule has 7 nitrogen and oxygen atoms in total. The maximum atomic E-state index is 12.7. The third-order valence-electron chi connectivity index (χ3n) is 3.69. The van der Waals surface area contributed by atoms with Crippen molar-refractivity contribution in [1.82, 2.24) is 4.90 Å². The van der Waals surface area contributed by atoms with Gasteiger partial charge in [0.1, 0.15) is 12.4 Å². The molecule has 0 fully saturated rings. The highest BCUT2D eigenvalue weighted by Gasteiger charge is 2.19. The molecule has 0 aliphatic heterocycles. The van der Waals surface area contributed by atoms with E-state index in [1.807, 2.05) is 0 Å². The van der Waals surface area contributed by atoms with Crippen molar-refractivity contribution in [3.05, 3.63) is 52.0 Å². The summed E-state index contributed by atoms with van der Waals surface area (Å²) in [7, 11) is 3.05. The largest absolute Gasteiger partial charge is 0.493 e. The number of hydrogen-bond donors (Lipinski definition) is 1. The van der Waals surface area contributed by atoms with E-state index in [0.717, 1.165) is 0 Å². The van der Waals surface area contributed by atoms with Crippen LogP contribution in [-0.4, -0.2) is 50.6 Å². The number of primary amides is 1. The average Bonchev–Trinajstić information content (AvgIpc) is 2.67. The Balaban J connectivity index is 2.02. The van der Waals surface area contributed by atoms with Crippen LogP contribution in [0.15, 0.2) is 36.4 Å². The Morgan fingerprint density at radius 3 is 2.39 bits per heavy atom. The molecule has 0 saturated carbocycles. The summed E-state index contributed by atoms with van der Waals surface area (Å²) in [4.78, 5) is 25.0. The van der Waals surface area contributed by atoms with E-state index in [1.54, 1.807) is 31.3 Å². The minimum atomic E-state index is -0.654. The standard InChI is InChI=1S/C19H20Cl2N2O5/c1-23(7-8-27-14-5-3-13(20)4-6-14)19(25)12-9-15(21)18(16(10-12)26-2)28-11-17(22)24/h3-6,9-10H,7-8,11H2,1-2H3,(H2,22,24). The Hall–Kier alpha value is -2.64. The van der Waals surface area contributed by atoms with E-state index in [2.05, 4.69) is 0 Å². The summed E-state index contributed by atoms with van der Waals surface area (Å²) >= 11 is 12.0. The van der Waals surface area contributed by atoms with Gasteiger partial charge in [-0.05, 0) is 36.4 Å². The van der Waals surface area contributed by atoms with Gasteiger partial charge in [-0.2, -0.15) is 0 Å². The van der Waals surface area contributed by atoms with E-state index in [-0.39, 0.29) is 29.0 Å². The fourth-order valence-corrected chi connectivity index (χ4v) is 2.67. The number of amides is 2. The van der Waals surface area contributed by atoms with Crippen LogP contribution in [-0.2, 0) is 4.79 Å². The van der Waals surface area contributed by atoms with Crippen LogP contribution < -0.4 is 19.9 Å². The van der Waals surface area contributed by atoms with Crippen LogP contribution in [0.2, 0.25) is 10.0 Å². The molecule has 2 N–H and O–H groups in total. The van der Waals surface area contributed by atoms with Crippen molar-refractivity contribution in [3.63, 3.8) is 0 Å². The molecule has 9 heteroatoms. The first-order valence-corrected chi connectivity index (χ1v) is 9.00. The van der Waals surface area contributed by atoms with E-state index in [4.69, 9.17) is 43.1 Å². The Morgan fingerprint density at radius 1 is 1.11 bits per heavy atom. The Labute approximate surface area is 172 Å². The zero-order valence-electron chi connectivity index (χ0n) is 15.4. The van der Waals surface area contributed by atoms with Gasteiger partial charge in [-0.25, -0.2) is 0 Å². The maximum absolute atomic E-state index is 12.7. The Morgan fingerprint density at radius 2 is 1.79 bits per heavy atom. The topological polar surface area (TPSA) is 91.1 Å². The number of likely N-dealkylation sites (N-methyl/N-ethyl adjacent to an activating group) is 1. The Bertz CT molecular complexity index is 843. The van der Waals surface area contributed by atoms with Crippen molar-refractivity contribution in [2.75, 3.05) is 33.9 Å². The lowest BCUT2D eigenvalue weighted by atomic mass is 10.1. The molecule has 28 heavy (non-hydrogen) atoms. The lowest BCUT2D eigenvalue weighted by Gasteiger charge is -2.19. The molecule has 2 aromatic rings. The molecule has 2 rings (SSSR count). The third-order valence-corrected chi connectivity index (χ3v) is 4.22. The van der Waals surface area contributed by atoms with E-state index in [9.17, 15) is 9.59 Å². The van der Waals surface area contributed by atoms with Crippen molar-refractivity contribution in [2.24, 2.45) is 5.73 Å². The maximum Gasteiger partial charge on any atom is 0.255 e. The lowest BCUT2D eigenvalue weighted by molar-refractivity contribution is -0.119. The number of methoxy groups -OCH3 is 1. The molecule has 0 saturated heterocycles. The number of nitrogens with zero attached hydrogens (tertiary/aromatic N) is 1. The first-order valence-electron chi connectivity index (χ1n) is 8.24. The van der Waals surface area contributed by atoms with Gasteiger partial charge >= 0.3 is 0 Å². The van der Waals surface area contributed by atoms with Gasteiger partial charge in [0.15, 0.2) is 18.1 Å². The fraction of sp³-hybridized carbons (Fsp3) is 0.263. The van der Waals surface area contributed by atoms with Gasteiger partial charge in [-0.3, -0.25) is 9.59 Å². The third kappa shape index (κ3) is 5.94. The predicted molar refractivity (Wildman–Crippen MR) is 107 cm³/mol. The number of rotatable bonds is 9. The minimum Gasteiger partial charge on any atom is -0.493 e. The monoisotopic (exact) mass is 426 g/mol. The zero-order valence-corrected chi connectivity index (χ0v) is 16.9. The number of carbonyl (C=O) groups is 2. The molecule has 0 aliphatic rings. The van der Waals surface area contributed by atoms with Crippen LogP contribution in [0.25, 0.3) is 0 Å². The summed E-state index contributed by atoms with van der Waals surface area (Å²) in [5, 5.41) is 0.753. The summed E-state index contributed by atoms with van der Waals surface area (Å²) < 4.78 is 16.1. The number of halogens is 2. The SMILES string of the molecule is COc1cc(C(=O)N(C)CCOc2ccc(Cl)cc2)cc(Cl)c1OCC(N)=O. The average molecular weight is 427 g/mol. The summed E-state index contributed by atoms with van der Waals surface area (Å²) in [6.45, 7) is 0.293. The van der Waals surface area contributed by atoms with Crippen molar-refractivity contribution >= 4 is 35.0 Å². The van der Waals surface area contributed by atoms with Crippen LogP contribution in [0.3, 0.4) is 0 Å². The van der Waals surface area contributed by atoms with Crippen molar-refractivity contribution in [1.29, 1.82) is 0 Å². The number of nitrogens with two attached hydrogens (primary N) is 1. The first-order chi connectivity index (χ1) is 13.3. The summed E-state index contributed by atoms with van der Waals surface area (Å²) in [6, 6.07) is 9.88. The van der Waals surface area contributed by atoms with Gasteiger partial charge < -0.3 is 24.8 Å². The van der Waals surface area contributed by atoms with E-state index >= 15 is 0 Å². The summed E-state index contributed by atoms with van der Waals surface area (Å²) in [5.74, 6) is 0.0992. The van der Waals surface area contributed by atoms with Gasteiger partial charge in [0.05, 0.1) is 18.7 Å². The number of carbonyl (C=O) groups excluding carboxylic acids is 2. The molecule has 0 aromatic heterocycles. The molecule has 2 amide bonds. The molecular formula is C19H20Cl2N2O5. The fourth-order valence-electron chi connectivity index (χ4n) is 2.28. The molecule has 0 spiro atoms. The Kier molecular flexibility index (Phi) is 7.78. The zero-order chi connectivity index (χ0) is 20.7. The van der Waals surface area contributed by atoms with Gasteiger partial charge in [0.2, 0.25) is 0 Å². The first kappa shape index (κ1) is 21.7. The molecule has 0 aliphatic carbocycles. The van der Waals surface area contributed by atoms with Gasteiger partial charge in [-0.1, -0.05) is 23.2 Å². The highest BCUT2D eigenvalue weighted by Crippen LogP contribution is 2.36. The molecule has 0 atom stereocenters. The van der Waals surface area contributed by atoms with Crippen molar-refractivity contribution < 1.29 is 23.8 Å². The van der Waals surface area contributed by atoms with Crippen LogP contribution in [0.5, 0.6) is 17.2 Å². The van der Waals surface area contributed by atoms with Crippen LogP contribution >= 0.6 is 23.2 Å². The molecule has 0 radical (unpaired) electrons. The summed E-state index contributed by atoms with van der Waals surface area (Å²) in [6.07, 6.45) is 0. The summed E-state index contributed by atoms with van der Waals surface area (Å²) in [5.41, 5.74) is 5.38. The quantitative estimate of drug-likeness (QED) is 0.665. The van der Waals surface area contributed by atoms with Crippen LogP contribution in [0, 0.1) is 0 Å². The predicted octanol–water partition coefficient (Wildman–Crippen LogP) is 3.02. The molecule has 0 bridgehead atoms. The van der Waals surface area contributed by atoms with E-state index in [1.165, 1.54) is 24.1 Å². The second-order valence-corrected chi connectivity index (χ2v) is 6.62. The van der Waals surface area contributed by atoms with Crippen molar-refractivity contribution in [2.45, 2.75) is 0 Å². The smallest absolute Gasteiger partial charge is 0.255 e. The van der Waals surface area contributed by atoms with E-state index in [0.29, 0.717) is 29.5 Å². The van der Waals surface area contributed by atoms with E-state index < -0.39 is 5.91 Å². The van der Waals surface area contributed by atoms with Crippen LogP contribution in [0.4, 0.5) is 0 Å². The molecule has 0 unspecified atom stereocenters. The molecule has 150 valence electrons. The van der Waals surface area contributed by atoms with Gasteiger partial charge in [0.25, 0.3) is 11.8 Å². The van der Waals surface area contributed by atoms with Gasteiger partial charge in [0, 0.05) is 17.6 Å². The lowest BCUT2D eigenvalue weighted by Crippen LogP contribution is -2.31. The second-order valence-electron chi connectivity index (χ2n) is 5.77. The number of hydrogen-bond acceptors (Lipinski definition) is 5. The normalized spacial score (nSPS) is 10.3. The van der Waals surface area contributed by atoms with Crippen molar-refractivity contribution in [3.8, 4) is 17.2 Å². The number of ether oxygens (including phenoxy) is 3. The minimum absolute atomic E-state index is 0.134. The highest BCUT2D eigenvalue weighted by atomic mass is 35.5.